The molecule has 1 unspecified atom stereocenters. The SMILES string of the molecule is CCCCC1OC12CCNCC2. The summed E-state index contributed by atoms with van der Waals surface area (Å²) in [5.74, 6) is 0. The number of ether oxygens (including phenoxy) is 1. The highest BCUT2D eigenvalue weighted by Gasteiger charge is 2.55. The van der Waals surface area contributed by atoms with Gasteiger partial charge in [0.2, 0.25) is 0 Å². The summed E-state index contributed by atoms with van der Waals surface area (Å²) in [4.78, 5) is 0. The third kappa shape index (κ3) is 1.50. The van der Waals surface area contributed by atoms with Gasteiger partial charge in [0.1, 0.15) is 0 Å². The molecule has 0 aliphatic carbocycles. The third-order valence-corrected chi connectivity index (χ3v) is 3.18. The molecule has 1 spiro atoms. The van der Waals surface area contributed by atoms with Gasteiger partial charge < -0.3 is 10.1 Å². The van der Waals surface area contributed by atoms with Crippen LogP contribution in [-0.4, -0.2) is 24.8 Å². The van der Waals surface area contributed by atoms with Crippen molar-refractivity contribution in [3.05, 3.63) is 0 Å². The van der Waals surface area contributed by atoms with Gasteiger partial charge in [-0.25, -0.2) is 0 Å². The van der Waals surface area contributed by atoms with Gasteiger partial charge in [0.25, 0.3) is 0 Å². The summed E-state index contributed by atoms with van der Waals surface area (Å²) in [5, 5.41) is 3.38. The standard InChI is InChI=1S/C10H19NO/c1-2-3-4-9-10(12-9)5-7-11-8-6-10/h9,11H,2-8H2,1H3. The van der Waals surface area contributed by atoms with Crippen molar-refractivity contribution in [2.75, 3.05) is 13.1 Å². The molecule has 0 aromatic rings. The van der Waals surface area contributed by atoms with Crippen LogP contribution in [0.4, 0.5) is 0 Å². The molecule has 2 heterocycles. The van der Waals surface area contributed by atoms with E-state index in [1.165, 1.54) is 32.1 Å². The molecule has 2 rings (SSSR count). The number of piperidine rings is 1. The monoisotopic (exact) mass is 169 g/mol. The first-order valence-corrected chi connectivity index (χ1v) is 5.26. The normalized spacial score (nSPS) is 32.2. The zero-order chi connectivity index (χ0) is 8.44. The number of unbranched alkanes of at least 4 members (excludes halogenated alkanes) is 1. The highest BCUT2D eigenvalue weighted by molar-refractivity contribution is 5.04. The Kier molecular flexibility index (Phi) is 2.37. The minimum Gasteiger partial charge on any atom is -0.366 e. The lowest BCUT2D eigenvalue weighted by molar-refractivity contribution is 0.241. The lowest BCUT2D eigenvalue weighted by atomic mass is 9.92. The Bertz CT molecular complexity index is 150. The molecule has 12 heavy (non-hydrogen) atoms. The van der Waals surface area contributed by atoms with Crippen molar-refractivity contribution in [3.63, 3.8) is 0 Å². The van der Waals surface area contributed by atoms with E-state index in [1.54, 1.807) is 0 Å². The van der Waals surface area contributed by atoms with Gasteiger partial charge in [-0.05, 0) is 32.4 Å². The fraction of sp³-hybridized carbons (Fsp3) is 1.00. The van der Waals surface area contributed by atoms with Crippen LogP contribution in [0.25, 0.3) is 0 Å². The summed E-state index contributed by atoms with van der Waals surface area (Å²) in [7, 11) is 0. The Morgan fingerprint density at radius 1 is 1.42 bits per heavy atom. The van der Waals surface area contributed by atoms with E-state index in [2.05, 4.69) is 12.2 Å². The Labute approximate surface area is 74.7 Å². The van der Waals surface area contributed by atoms with E-state index in [0.29, 0.717) is 11.7 Å². The second-order valence-electron chi connectivity index (χ2n) is 4.06. The average molecular weight is 169 g/mol. The molecule has 1 atom stereocenters. The molecule has 2 aliphatic heterocycles. The maximum absolute atomic E-state index is 5.81. The van der Waals surface area contributed by atoms with E-state index in [4.69, 9.17) is 4.74 Å². The molecule has 0 saturated carbocycles. The van der Waals surface area contributed by atoms with Crippen molar-refractivity contribution in [2.45, 2.75) is 50.7 Å². The predicted molar refractivity (Wildman–Crippen MR) is 49.2 cm³/mol. The van der Waals surface area contributed by atoms with Crippen LogP contribution in [0.3, 0.4) is 0 Å². The van der Waals surface area contributed by atoms with Gasteiger partial charge in [0.05, 0.1) is 11.7 Å². The molecule has 70 valence electrons. The summed E-state index contributed by atoms with van der Waals surface area (Å²) in [6.45, 7) is 4.56. The Morgan fingerprint density at radius 3 is 2.83 bits per heavy atom. The summed E-state index contributed by atoms with van der Waals surface area (Å²) in [6, 6.07) is 0. The lowest BCUT2D eigenvalue weighted by Crippen LogP contribution is -2.34. The smallest absolute Gasteiger partial charge is 0.0972 e. The van der Waals surface area contributed by atoms with Gasteiger partial charge in [-0.1, -0.05) is 19.8 Å². The summed E-state index contributed by atoms with van der Waals surface area (Å²) in [5.41, 5.74) is 0.334. The van der Waals surface area contributed by atoms with Gasteiger partial charge in [0.15, 0.2) is 0 Å². The Morgan fingerprint density at radius 2 is 2.17 bits per heavy atom. The number of hydrogen-bond donors (Lipinski definition) is 1. The minimum atomic E-state index is 0.334. The highest BCUT2D eigenvalue weighted by atomic mass is 16.6. The minimum absolute atomic E-state index is 0.334. The number of nitrogens with one attached hydrogen (secondary N) is 1. The second-order valence-corrected chi connectivity index (χ2v) is 4.06. The molecule has 2 heteroatoms. The molecule has 0 aromatic carbocycles. The number of rotatable bonds is 3. The maximum Gasteiger partial charge on any atom is 0.0972 e. The summed E-state index contributed by atoms with van der Waals surface area (Å²) in [6.07, 6.45) is 7.01. The summed E-state index contributed by atoms with van der Waals surface area (Å²) >= 11 is 0. The fourth-order valence-corrected chi connectivity index (χ4v) is 2.25. The van der Waals surface area contributed by atoms with Gasteiger partial charge in [-0.3, -0.25) is 0 Å². The van der Waals surface area contributed by atoms with E-state index in [0.717, 1.165) is 13.1 Å². The second kappa shape index (κ2) is 3.35. The van der Waals surface area contributed by atoms with Crippen molar-refractivity contribution >= 4 is 0 Å². The van der Waals surface area contributed by atoms with Gasteiger partial charge in [0, 0.05) is 0 Å². The van der Waals surface area contributed by atoms with Crippen molar-refractivity contribution in [1.82, 2.24) is 5.32 Å². The molecule has 2 aliphatic rings. The maximum atomic E-state index is 5.81. The van der Waals surface area contributed by atoms with Crippen LogP contribution < -0.4 is 5.32 Å². The van der Waals surface area contributed by atoms with E-state index in [9.17, 15) is 0 Å². The Hall–Kier alpha value is -0.0800. The topological polar surface area (TPSA) is 24.6 Å². The fourth-order valence-electron chi connectivity index (χ4n) is 2.25. The first-order valence-electron chi connectivity index (χ1n) is 5.26. The van der Waals surface area contributed by atoms with Crippen molar-refractivity contribution < 1.29 is 4.74 Å². The number of epoxide rings is 1. The van der Waals surface area contributed by atoms with Crippen LogP contribution in [0.1, 0.15) is 39.0 Å². The van der Waals surface area contributed by atoms with Crippen LogP contribution in [0.2, 0.25) is 0 Å². The van der Waals surface area contributed by atoms with Crippen LogP contribution in [0.15, 0.2) is 0 Å². The molecule has 0 bridgehead atoms. The predicted octanol–water partition coefficient (Wildman–Crippen LogP) is 1.70. The molecule has 0 aromatic heterocycles. The molecule has 2 fully saturated rings. The molecule has 0 amide bonds. The quantitative estimate of drug-likeness (QED) is 0.650. The van der Waals surface area contributed by atoms with E-state index in [-0.39, 0.29) is 0 Å². The molecule has 1 N–H and O–H groups in total. The first-order chi connectivity index (χ1) is 5.87. The first kappa shape index (κ1) is 8.52. The van der Waals surface area contributed by atoms with Gasteiger partial charge in [-0.15, -0.1) is 0 Å². The van der Waals surface area contributed by atoms with Crippen LogP contribution >= 0.6 is 0 Å². The number of hydrogen-bond acceptors (Lipinski definition) is 2. The molecule has 2 saturated heterocycles. The molecule has 0 radical (unpaired) electrons. The average Bonchev–Trinajstić information content (AvgIpc) is 2.77. The van der Waals surface area contributed by atoms with Crippen LogP contribution in [0.5, 0.6) is 0 Å². The van der Waals surface area contributed by atoms with Crippen molar-refractivity contribution in [1.29, 1.82) is 0 Å². The van der Waals surface area contributed by atoms with E-state index >= 15 is 0 Å². The third-order valence-electron chi connectivity index (χ3n) is 3.18. The zero-order valence-corrected chi connectivity index (χ0v) is 7.94. The van der Waals surface area contributed by atoms with E-state index < -0.39 is 0 Å². The molecular weight excluding hydrogens is 150 g/mol. The summed E-state index contributed by atoms with van der Waals surface area (Å²) < 4.78 is 5.81. The van der Waals surface area contributed by atoms with Crippen molar-refractivity contribution in [3.8, 4) is 0 Å². The van der Waals surface area contributed by atoms with Crippen LogP contribution in [-0.2, 0) is 4.74 Å². The van der Waals surface area contributed by atoms with Gasteiger partial charge >= 0.3 is 0 Å². The Balaban J connectivity index is 1.75. The molecule has 2 nitrogen and oxygen atoms in total. The highest BCUT2D eigenvalue weighted by Crippen LogP contribution is 2.46. The van der Waals surface area contributed by atoms with Crippen LogP contribution in [0, 0.1) is 0 Å². The molecular formula is C10H19NO. The van der Waals surface area contributed by atoms with E-state index in [1.807, 2.05) is 0 Å². The van der Waals surface area contributed by atoms with Crippen molar-refractivity contribution in [2.24, 2.45) is 0 Å². The largest absolute Gasteiger partial charge is 0.366 e. The van der Waals surface area contributed by atoms with Gasteiger partial charge in [-0.2, -0.15) is 0 Å². The zero-order valence-electron chi connectivity index (χ0n) is 7.94. The lowest BCUT2D eigenvalue weighted by Gasteiger charge is -2.19.